The number of nitrogens with two attached hydrogens (primary N) is 1. The van der Waals surface area contributed by atoms with E-state index in [2.05, 4.69) is 32.4 Å². The number of aromatic nitrogens is 5. The summed E-state index contributed by atoms with van der Waals surface area (Å²) in [4.78, 5) is 4.61. The molecule has 0 unspecified atom stereocenters. The summed E-state index contributed by atoms with van der Waals surface area (Å²) in [6, 6.07) is 18.0. The van der Waals surface area contributed by atoms with E-state index in [9.17, 15) is 0 Å². The number of H-pyrrole nitrogens is 1. The van der Waals surface area contributed by atoms with Gasteiger partial charge in [0.2, 0.25) is 0 Å². The van der Waals surface area contributed by atoms with Gasteiger partial charge in [0.05, 0.1) is 23.9 Å². The molecule has 2 aromatic carbocycles. The first-order valence-corrected chi connectivity index (χ1v) is 9.26. The van der Waals surface area contributed by atoms with Crippen LogP contribution in [0, 0.1) is 0 Å². The number of aromatic amines is 1. The van der Waals surface area contributed by atoms with Gasteiger partial charge in [-0.2, -0.15) is 10.2 Å². The highest BCUT2D eigenvalue weighted by Gasteiger charge is 2.16. The van der Waals surface area contributed by atoms with Crippen molar-refractivity contribution < 1.29 is 4.74 Å². The lowest BCUT2D eigenvalue weighted by Crippen LogP contribution is -2.07. The van der Waals surface area contributed by atoms with Crippen molar-refractivity contribution in [3.63, 3.8) is 0 Å². The van der Waals surface area contributed by atoms with Crippen LogP contribution in [0.4, 0.5) is 5.82 Å². The Morgan fingerprint density at radius 2 is 1.82 bits per heavy atom. The van der Waals surface area contributed by atoms with Crippen molar-refractivity contribution in [2.45, 2.75) is 19.9 Å². The summed E-state index contributed by atoms with van der Waals surface area (Å²) in [5.41, 5.74) is 9.12. The van der Waals surface area contributed by atoms with Gasteiger partial charge in [-0.15, -0.1) is 0 Å². The van der Waals surface area contributed by atoms with Gasteiger partial charge in [0.1, 0.15) is 11.6 Å². The molecule has 3 N–H and O–H groups in total. The van der Waals surface area contributed by atoms with Gasteiger partial charge < -0.3 is 10.5 Å². The highest BCUT2D eigenvalue weighted by atomic mass is 16.5. The predicted molar refractivity (Wildman–Crippen MR) is 109 cm³/mol. The quantitative estimate of drug-likeness (QED) is 0.516. The molecule has 0 bridgehead atoms. The van der Waals surface area contributed by atoms with Crippen LogP contribution in [-0.4, -0.2) is 31.6 Å². The zero-order chi connectivity index (χ0) is 19.3. The molecule has 4 rings (SSSR count). The maximum absolute atomic E-state index is 6.31. The van der Waals surface area contributed by atoms with Gasteiger partial charge >= 0.3 is 0 Å². The fraction of sp³-hybridized carbons (Fsp3) is 0.190. The Kier molecular flexibility index (Phi) is 5.05. The molecule has 2 aromatic heterocycles. The van der Waals surface area contributed by atoms with E-state index < -0.39 is 0 Å². The first-order chi connectivity index (χ1) is 13.8. The fourth-order valence-electron chi connectivity index (χ4n) is 3.07. The molecule has 0 spiro atoms. The summed E-state index contributed by atoms with van der Waals surface area (Å²) in [6.45, 7) is 3.23. The van der Waals surface area contributed by atoms with Crippen LogP contribution in [0.2, 0.25) is 0 Å². The van der Waals surface area contributed by atoms with Crippen molar-refractivity contribution >= 4 is 5.82 Å². The van der Waals surface area contributed by atoms with E-state index in [0.29, 0.717) is 36.2 Å². The fourth-order valence-corrected chi connectivity index (χ4v) is 3.07. The molecule has 28 heavy (non-hydrogen) atoms. The van der Waals surface area contributed by atoms with Crippen LogP contribution in [0.25, 0.3) is 22.8 Å². The zero-order valence-corrected chi connectivity index (χ0v) is 15.7. The summed E-state index contributed by atoms with van der Waals surface area (Å²) < 4.78 is 7.46. The minimum Gasteiger partial charge on any atom is -0.493 e. The second-order valence-corrected chi connectivity index (χ2v) is 6.34. The number of ether oxygens (including phenoxy) is 1. The third-order valence-corrected chi connectivity index (χ3v) is 4.50. The molecule has 7 heteroatoms. The van der Waals surface area contributed by atoms with E-state index in [0.717, 1.165) is 17.7 Å². The molecule has 4 aromatic rings. The van der Waals surface area contributed by atoms with Crippen LogP contribution < -0.4 is 10.5 Å². The molecule has 0 fully saturated rings. The molecule has 0 atom stereocenters. The summed E-state index contributed by atoms with van der Waals surface area (Å²) in [6.07, 6.45) is 2.56. The van der Waals surface area contributed by atoms with Crippen molar-refractivity contribution in [3.05, 3.63) is 66.4 Å². The minimum atomic E-state index is 0.518. The number of para-hydroxylation sites is 1. The largest absolute Gasteiger partial charge is 0.493 e. The molecular formula is C21H22N6O. The lowest BCUT2D eigenvalue weighted by Gasteiger charge is -2.06. The SMILES string of the molecule is CCOc1ccccc1-c1nc(-c2cnn(CCc3ccccc3)c2N)n[nH]1. The number of hydrogen-bond donors (Lipinski definition) is 2. The van der Waals surface area contributed by atoms with Gasteiger partial charge in [-0.1, -0.05) is 42.5 Å². The van der Waals surface area contributed by atoms with E-state index in [1.165, 1.54) is 5.56 Å². The van der Waals surface area contributed by atoms with Crippen molar-refractivity contribution in [3.8, 4) is 28.5 Å². The smallest absolute Gasteiger partial charge is 0.186 e. The van der Waals surface area contributed by atoms with Crippen LogP contribution in [-0.2, 0) is 13.0 Å². The maximum atomic E-state index is 6.31. The van der Waals surface area contributed by atoms with Crippen LogP contribution in [0.5, 0.6) is 5.75 Å². The molecule has 0 saturated carbocycles. The average Bonchev–Trinajstić information content (AvgIpc) is 3.35. The Morgan fingerprint density at radius 1 is 1.04 bits per heavy atom. The number of aryl methyl sites for hydroxylation is 2. The molecule has 2 heterocycles. The monoisotopic (exact) mass is 374 g/mol. The second-order valence-electron chi connectivity index (χ2n) is 6.34. The Bertz CT molecular complexity index is 1050. The summed E-state index contributed by atoms with van der Waals surface area (Å²) in [5.74, 6) is 2.47. The van der Waals surface area contributed by atoms with E-state index in [4.69, 9.17) is 10.5 Å². The summed E-state index contributed by atoms with van der Waals surface area (Å²) >= 11 is 0. The Balaban J connectivity index is 1.56. The number of nitrogen functional groups attached to an aromatic ring is 1. The minimum absolute atomic E-state index is 0.518. The van der Waals surface area contributed by atoms with E-state index in [1.54, 1.807) is 10.9 Å². The van der Waals surface area contributed by atoms with Crippen molar-refractivity contribution in [2.75, 3.05) is 12.3 Å². The molecule has 7 nitrogen and oxygen atoms in total. The average molecular weight is 374 g/mol. The van der Waals surface area contributed by atoms with E-state index in [-0.39, 0.29) is 0 Å². The van der Waals surface area contributed by atoms with Crippen LogP contribution in [0.3, 0.4) is 0 Å². The Labute approximate surface area is 163 Å². The van der Waals surface area contributed by atoms with Gasteiger partial charge in [-0.05, 0) is 31.0 Å². The second kappa shape index (κ2) is 7.96. The van der Waals surface area contributed by atoms with Gasteiger partial charge in [0.15, 0.2) is 11.6 Å². The third kappa shape index (κ3) is 3.59. The number of nitrogens with one attached hydrogen (secondary N) is 1. The highest BCUT2D eigenvalue weighted by Crippen LogP contribution is 2.30. The summed E-state index contributed by atoms with van der Waals surface area (Å²) in [7, 11) is 0. The molecule has 142 valence electrons. The standard InChI is InChI=1S/C21H22N6O/c1-2-28-18-11-7-6-10-16(18)20-24-21(26-25-20)17-14-23-27(19(17)22)13-12-15-8-4-3-5-9-15/h3-11,14H,2,12-13,22H2,1H3,(H,24,25,26). The first-order valence-electron chi connectivity index (χ1n) is 9.26. The molecule has 0 amide bonds. The molecule has 0 saturated heterocycles. The topological polar surface area (TPSA) is 94.6 Å². The summed E-state index contributed by atoms with van der Waals surface area (Å²) in [5, 5.41) is 11.7. The van der Waals surface area contributed by atoms with E-state index >= 15 is 0 Å². The number of nitrogens with zero attached hydrogens (tertiary/aromatic N) is 4. The van der Waals surface area contributed by atoms with Gasteiger partial charge in [0, 0.05) is 6.54 Å². The van der Waals surface area contributed by atoms with Crippen LogP contribution in [0.15, 0.2) is 60.8 Å². The molecule has 0 aliphatic carbocycles. The van der Waals surface area contributed by atoms with Gasteiger partial charge in [-0.3, -0.25) is 5.10 Å². The number of anilines is 1. The van der Waals surface area contributed by atoms with E-state index in [1.807, 2.05) is 49.4 Å². The normalized spacial score (nSPS) is 10.9. The number of benzene rings is 2. The predicted octanol–water partition coefficient (Wildman–Crippen LogP) is 3.56. The van der Waals surface area contributed by atoms with Gasteiger partial charge in [-0.25, -0.2) is 9.67 Å². The molecule has 0 aliphatic rings. The Hall–Kier alpha value is -3.61. The first kappa shape index (κ1) is 17.8. The van der Waals surface area contributed by atoms with Crippen molar-refractivity contribution in [1.29, 1.82) is 0 Å². The highest BCUT2D eigenvalue weighted by molar-refractivity contribution is 5.71. The lowest BCUT2D eigenvalue weighted by molar-refractivity contribution is 0.341. The van der Waals surface area contributed by atoms with Crippen LogP contribution >= 0.6 is 0 Å². The number of hydrogen-bond acceptors (Lipinski definition) is 5. The van der Waals surface area contributed by atoms with Crippen LogP contribution in [0.1, 0.15) is 12.5 Å². The van der Waals surface area contributed by atoms with Gasteiger partial charge in [0.25, 0.3) is 0 Å². The molecule has 0 radical (unpaired) electrons. The molecular weight excluding hydrogens is 352 g/mol. The third-order valence-electron chi connectivity index (χ3n) is 4.50. The van der Waals surface area contributed by atoms with Crippen molar-refractivity contribution in [2.24, 2.45) is 0 Å². The maximum Gasteiger partial charge on any atom is 0.186 e. The van der Waals surface area contributed by atoms with Crippen molar-refractivity contribution in [1.82, 2.24) is 25.0 Å². The molecule has 0 aliphatic heterocycles. The Morgan fingerprint density at radius 3 is 2.64 bits per heavy atom. The lowest BCUT2D eigenvalue weighted by atomic mass is 10.1. The number of rotatable bonds is 7. The zero-order valence-electron chi connectivity index (χ0n) is 15.7.